The molecule has 2 amide bonds. The highest BCUT2D eigenvalue weighted by atomic mass is 16.2. The van der Waals surface area contributed by atoms with Gasteiger partial charge in [0.15, 0.2) is 0 Å². The number of rotatable bonds is 5. The predicted molar refractivity (Wildman–Crippen MR) is 78.6 cm³/mol. The molecule has 110 valence electrons. The Morgan fingerprint density at radius 3 is 2.48 bits per heavy atom. The first-order chi connectivity index (χ1) is 10.1. The molecule has 6 nitrogen and oxygen atoms in total. The summed E-state index contributed by atoms with van der Waals surface area (Å²) < 4.78 is 1.69. The number of carbonyl (C=O) groups excluding carboxylic acids is 2. The molecular weight excluding hydrogens is 268 g/mol. The van der Waals surface area contributed by atoms with Crippen LogP contribution in [0.1, 0.15) is 21.6 Å². The number of hydrogen-bond donors (Lipinski definition) is 2. The van der Waals surface area contributed by atoms with E-state index < -0.39 is 0 Å². The van der Waals surface area contributed by atoms with Gasteiger partial charge in [-0.3, -0.25) is 14.3 Å². The number of amides is 2. The van der Waals surface area contributed by atoms with Crippen molar-refractivity contribution in [1.29, 1.82) is 0 Å². The molecule has 21 heavy (non-hydrogen) atoms. The van der Waals surface area contributed by atoms with Crippen LogP contribution in [0.4, 0.5) is 0 Å². The summed E-state index contributed by atoms with van der Waals surface area (Å²) in [7, 11) is 1.81. The molecule has 2 aromatic rings. The summed E-state index contributed by atoms with van der Waals surface area (Å²) >= 11 is 0. The van der Waals surface area contributed by atoms with Crippen LogP contribution in [-0.4, -0.2) is 28.1 Å². The predicted octanol–water partition coefficient (Wildman–Crippen LogP) is 0.775. The van der Waals surface area contributed by atoms with Gasteiger partial charge in [0.2, 0.25) is 5.91 Å². The Balaban J connectivity index is 1.77. The summed E-state index contributed by atoms with van der Waals surface area (Å²) in [5.41, 5.74) is 2.52. The molecule has 2 rings (SSSR count). The zero-order chi connectivity index (χ0) is 15.2. The van der Waals surface area contributed by atoms with Gasteiger partial charge >= 0.3 is 0 Å². The average molecular weight is 286 g/mol. The van der Waals surface area contributed by atoms with Crippen molar-refractivity contribution in [2.45, 2.75) is 13.5 Å². The molecule has 0 aliphatic carbocycles. The van der Waals surface area contributed by atoms with E-state index in [1.165, 1.54) is 0 Å². The van der Waals surface area contributed by atoms with Gasteiger partial charge in [0, 0.05) is 18.8 Å². The maximum absolute atomic E-state index is 11.8. The third-order valence-electron chi connectivity index (χ3n) is 3.11. The lowest BCUT2D eigenvalue weighted by molar-refractivity contribution is -0.120. The van der Waals surface area contributed by atoms with E-state index in [1.54, 1.807) is 30.1 Å². The molecule has 0 spiro atoms. The molecule has 2 N–H and O–H groups in total. The van der Waals surface area contributed by atoms with Gasteiger partial charge in [0.05, 0.1) is 18.8 Å². The van der Waals surface area contributed by atoms with E-state index in [0.717, 1.165) is 11.3 Å². The van der Waals surface area contributed by atoms with Crippen LogP contribution in [0.5, 0.6) is 0 Å². The van der Waals surface area contributed by atoms with E-state index in [4.69, 9.17) is 0 Å². The third kappa shape index (κ3) is 4.17. The Bertz CT molecular complexity index is 631. The van der Waals surface area contributed by atoms with E-state index in [2.05, 4.69) is 15.7 Å². The number of nitrogens with zero attached hydrogens (tertiary/aromatic N) is 2. The van der Waals surface area contributed by atoms with Crippen LogP contribution in [0.3, 0.4) is 0 Å². The highest BCUT2D eigenvalue weighted by molar-refractivity contribution is 5.96. The first kappa shape index (κ1) is 14.8. The van der Waals surface area contributed by atoms with Gasteiger partial charge in [0.25, 0.3) is 5.91 Å². The lowest BCUT2D eigenvalue weighted by atomic mass is 10.1. The standard InChI is InChI=1S/C15H18N4O2/c1-11-3-5-12(6-4-11)15(21)17-10-14(20)16-9-13-7-8-18-19(13)2/h3-8H,9-10H2,1-2H3,(H,16,20)(H,17,21). The highest BCUT2D eigenvalue weighted by Crippen LogP contribution is 2.02. The number of benzene rings is 1. The number of nitrogens with one attached hydrogen (secondary N) is 2. The molecule has 0 radical (unpaired) electrons. The fraction of sp³-hybridized carbons (Fsp3) is 0.267. The van der Waals surface area contributed by atoms with Crippen molar-refractivity contribution < 1.29 is 9.59 Å². The molecule has 1 aromatic carbocycles. The summed E-state index contributed by atoms with van der Waals surface area (Å²) in [5, 5.41) is 9.33. The van der Waals surface area contributed by atoms with Gasteiger partial charge in [-0.25, -0.2) is 0 Å². The molecule has 1 aromatic heterocycles. The van der Waals surface area contributed by atoms with Crippen LogP contribution in [-0.2, 0) is 18.4 Å². The maximum atomic E-state index is 11.8. The molecule has 0 unspecified atom stereocenters. The largest absolute Gasteiger partial charge is 0.349 e. The summed E-state index contributed by atoms with van der Waals surface area (Å²) in [6.07, 6.45) is 1.67. The van der Waals surface area contributed by atoms with Gasteiger partial charge in [-0.2, -0.15) is 5.10 Å². The Hall–Kier alpha value is -2.63. The fourth-order valence-corrected chi connectivity index (χ4v) is 1.79. The zero-order valence-corrected chi connectivity index (χ0v) is 12.1. The van der Waals surface area contributed by atoms with Crippen molar-refractivity contribution >= 4 is 11.8 Å². The molecule has 0 aliphatic heterocycles. The Morgan fingerprint density at radius 2 is 1.86 bits per heavy atom. The third-order valence-corrected chi connectivity index (χ3v) is 3.11. The molecule has 6 heteroatoms. The Morgan fingerprint density at radius 1 is 1.14 bits per heavy atom. The van der Waals surface area contributed by atoms with Gasteiger partial charge in [-0.1, -0.05) is 17.7 Å². The molecular formula is C15H18N4O2. The Labute approximate surface area is 123 Å². The minimum atomic E-state index is -0.259. The molecule has 0 aliphatic rings. The number of aromatic nitrogens is 2. The van der Waals surface area contributed by atoms with Crippen LogP contribution in [0.15, 0.2) is 36.5 Å². The van der Waals surface area contributed by atoms with Gasteiger partial charge in [-0.05, 0) is 25.1 Å². The fourth-order valence-electron chi connectivity index (χ4n) is 1.79. The van der Waals surface area contributed by atoms with Crippen molar-refractivity contribution in [2.75, 3.05) is 6.54 Å². The second kappa shape index (κ2) is 6.69. The van der Waals surface area contributed by atoms with Crippen molar-refractivity contribution in [3.63, 3.8) is 0 Å². The van der Waals surface area contributed by atoms with Crippen LogP contribution in [0, 0.1) is 6.92 Å². The SMILES string of the molecule is Cc1ccc(C(=O)NCC(=O)NCc2ccnn2C)cc1. The molecule has 1 heterocycles. The summed E-state index contributed by atoms with van der Waals surface area (Å²) in [6.45, 7) is 2.29. The lowest BCUT2D eigenvalue weighted by Crippen LogP contribution is -2.36. The van der Waals surface area contributed by atoms with E-state index in [1.807, 2.05) is 25.1 Å². The van der Waals surface area contributed by atoms with Gasteiger partial charge < -0.3 is 10.6 Å². The van der Waals surface area contributed by atoms with Crippen molar-refractivity contribution in [1.82, 2.24) is 20.4 Å². The topological polar surface area (TPSA) is 76.0 Å². The first-order valence-electron chi connectivity index (χ1n) is 6.64. The summed E-state index contributed by atoms with van der Waals surface area (Å²) in [5.74, 6) is -0.498. The van der Waals surface area contributed by atoms with Crippen LogP contribution in [0.2, 0.25) is 0 Å². The normalized spacial score (nSPS) is 10.2. The van der Waals surface area contributed by atoms with Crippen molar-refractivity contribution in [2.24, 2.45) is 7.05 Å². The molecule has 0 bridgehead atoms. The second-order valence-electron chi connectivity index (χ2n) is 4.77. The van der Waals surface area contributed by atoms with E-state index in [9.17, 15) is 9.59 Å². The average Bonchev–Trinajstić information content (AvgIpc) is 2.88. The number of hydrogen-bond acceptors (Lipinski definition) is 3. The van der Waals surface area contributed by atoms with Crippen LogP contribution >= 0.6 is 0 Å². The minimum Gasteiger partial charge on any atom is -0.349 e. The molecule has 0 fully saturated rings. The van der Waals surface area contributed by atoms with E-state index in [-0.39, 0.29) is 18.4 Å². The van der Waals surface area contributed by atoms with Crippen LogP contribution in [0.25, 0.3) is 0 Å². The quantitative estimate of drug-likeness (QED) is 0.852. The Kier molecular flexibility index (Phi) is 4.71. The summed E-state index contributed by atoms with van der Waals surface area (Å²) in [6, 6.07) is 9.01. The van der Waals surface area contributed by atoms with Gasteiger partial charge in [0.1, 0.15) is 0 Å². The second-order valence-corrected chi connectivity index (χ2v) is 4.77. The lowest BCUT2D eigenvalue weighted by Gasteiger charge is -2.07. The molecule has 0 atom stereocenters. The first-order valence-corrected chi connectivity index (χ1v) is 6.64. The number of aryl methyl sites for hydroxylation is 2. The monoisotopic (exact) mass is 286 g/mol. The number of carbonyl (C=O) groups is 2. The van der Waals surface area contributed by atoms with Crippen molar-refractivity contribution in [3.8, 4) is 0 Å². The summed E-state index contributed by atoms with van der Waals surface area (Å²) in [4.78, 5) is 23.5. The van der Waals surface area contributed by atoms with E-state index >= 15 is 0 Å². The van der Waals surface area contributed by atoms with Gasteiger partial charge in [-0.15, -0.1) is 0 Å². The minimum absolute atomic E-state index is 0.0510. The molecule has 0 saturated heterocycles. The highest BCUT2D eigenvalue weighted by Gasteiger charge is 2.08. The maximum Gasteiger partial charge on any atom is 0.251 e. The molecule has 0 saturated carbocycles. The van der Waals surface area contributed by atoms with Crippen LogP contribution < -0.4 is 10.6 Å². The van der Waals surface area contributed by atoms with Crippen molar-refractivity contribution in [3.05, 3.63) is 53.3 Å². The van der Waals surface area contributed by atoms with E-state index in [0.29, 0.717) is 12.1 Å². The smallest absolute Gasteiger partial charge is 0.251 e. The zero-order valence-electron chi connectivity index (χ0n) is 12.1.